The molecular weight excluding hydrogens is 428 g/mol. The van der Waals surface area contributed by atoms with Gasteiger partial charge in [0.2, 0.25) is 11.5 Å². The molecule has 0 aliphatic rings. The minimum absolute atomic E-state index is 0.293. The number of methoxy groups -OCH3 is 6. The van der Waals surface area contributed by atoms with E-state index in [4.69, 9.17) is 28.4 Å². The Morgan fingerprint density at radius 1 is 0.576 bits per heavy atom. The molecule has 0 radical (unpaired) electrons. The summed E-state index contributed by atoms with van der Waals surface area (Å²) >= 11 is 0. The van der Waals surface area contributed by atoms with E-state index < -0.39 is 0 Å². The van der Waals surface area contributed by atoms with Crippen LogP contribution < -0.4 is 28.4 Å². The van der Waals surface area contributed by atoms with Gasteiger partial charge in [-0.3, -0.25) is 9.59 Å². The standard InChI is InChI=1S/C25H28O8/c1-28-20-13-9-16(22(30-3)24(20)32-5)7-11-18(26)15-19(27)12-8-17-10-14-21(29-2)25(33-6)23(17)31-4/h7-14H,15H2,1-6H3/b11-7+,12-8+. The average molecular weight is 456 g/mol. The van der Waals surface area contributed by atoms with Crippen molar-refractivity contribution < 1.29 is 38.0 Å². The summed E-state index contributed by atoms with van der Waals surface area (Å²) < 4.78 is 31.9. The predicted octanol–water partition coefficient (Wildman–Crippen LogP) is 3.99. The molecule has 0 heterocycles. The summed E-state index contributed by atoms with van der Waals surface area (Å²) in [5.74, 6) is 1.96. The maximum atomic E-state index is 12.3. The molecule has 8 heteroatoms. The SMILES string of the molecule is COc1ccc(/C=C/C(=O)CC(=O)/C=C/c2ccc(OC)c(OC)c2OC)c(OC)c1OC. The second kappa shape index (κ2) is 12.2. The number of allylic oxidation sites excluding steroid dienone is 2. The summed E-state index contributed by atoms with van der Waals surface area (Å²) in [5, 5.41) is 0. The Morgan fingerprint density at radius 3 is 1.24 bits per heavy atom. The van der Waals surface area contributed by atoms with Crippen molar-refractivity contribution in [2.45, 2.75) is 6.42 Å². The molecule has 176 valence electrons. The summed E-state index contributed by atoms with van der Waals surface area (Å²) in [6, 6.07) is 6.87. The van der Waals surface area contributed by atoms with E-state index in [1.807, 2.05) is 0 Å². The normalized spacial score (nSPS) is 10.8. The van der Waals surface area contributed by atoms with E-state index in [2.05, 4.69) is 0 Å². The van der Waals surface area contributed by atoms with Gasteiger partial charge in [-0.25, -0.2) is 0 Å². The number of benzene rings is 2. The third-order valence-electron chi connectivity index (χ3n) is 4.72. The van der Waals surface area contributed by atoms with Crippen LogP contribution in [0.3, 0.4) is 0 Å². The minimum atomic E-state index is -0.360. The van der Waals surface area contributed by atoms with Gasteiger partial charge in [0, 0.05) is 11.1 Å². The first-order valence-electron chi connectivity index (χ1n) is 9.93. The van der Waals surface area contributed by atoms with Crippen LogP contribution in [-0.2, 0) is 9.59 Å². The van der Waals surface area contributed by atoms with Crippen LogP contribution in [-0.4, -0.2) is 54.2 Å². The zero-order valence-electron chi connectivity index (χ0n) is 19.6. The first-order chi connectivity index (χ1) is 15.9. The van der Waals surface area contributed by atoms with Crippen molar-refractivity contribution in [3.63, 3.8) is 0 Å². The molecule has 0 aliphatic carbocycles. The molecule has 0 saturated heterocycles. The van der Waals surface area contributed by atoms with Gasteiger partial charge in [0.25, 0.3) is 0 Å². The van der Waals surface area contributed by atoms with Crippen molar-refractivity contribution in [3.05, 3.63) is 47.5 Å². The Hall–Kier alpha value is -3.94. The summed E-state index contributed by atoms with van der Waals surface area (Å²) in [5.41, 5.74) is 1.23. The summed E-state index contributed by atoms with van der Waals surface area (Å²) in [6.45, 7) is 0. The lowest BCUT2D eigenvalue weighted by atomic mass is 10.1. The lowest BCUT2D eigenvalue weighted by Crippen LogP contribution is -2.02. The van der Waals surface area contributed by atoms with Gasteiger partial charge in [-0.15, -0.1) is 0 Å². The summed E-state index contributed by atoms with van der Waals surface area (Å²) in [6.07, 6.45) is 5.49. The van der Waals surface area contributed by atoms with E-state index in [9.17, 15) is 9.59 Å². The lowest BCUT2D eigenvalue weighted by molar-refractivity contribution is -0.121. The highest BCUT2D eigenvalue weighted by Gasteiger charge is 2.16. The van der Waals surface area contributed by atoms with E-state index in [-0.39, 0.29) is 18.0 Å². The molecule has 0 spiro atoms. The Balaban J connectivity index is 2.14. The molecule has 2 rings (SSSR count). The van der Waals surface area contributed by atoms with Crippen LogP contribution in [0.5, 0.6) is 34.5 Å². The fourth-order valence-electron chi connectivity index (χ4n) is 3.17. The third-order valence-corrected chi connectivity index (χ3v) is 4.72. The largest absolute Gasteiger partial charge is 0.493 e. The summed E-state index contributed by atoms with van der Waals surface area (Å²) in [7, 11) is 9.02. The molecule has 0 aromatic heterocycles. The van der Waals surface area contributed by atoms with Crippen molar-refractivity contribution in [1.82, 2.24) is 0 Å². The fourth-order valence-corrected chi connectivity index (χ4v) is 3.17. The maximum Gasteiger partial charge on any atom is 0.203 e. The molecule has 0 N–H and O–H groups in total. The third kappa shape index (κ3) is 6.06. The molecule has 0 bridgehead atoms. The molecule has 0 aliphatic heterocycles. The highest BCUT2D eigenvalue weighted by Crippen LogP contribution is 2.41. The van der Waals surface area contributed by atoms with Crippen molar-refractivity contribution in [3.8, 4) is 34.5 Å². The van der Waals surface area contributed by atoms with E-state index in [0.717, 1.165) is 0 Å². The van der Waals surface area contributed by atoms with E-state index in [0.29, 0.717) is 45.6 Å². The van der Waals surface area contributed by atoms with E-state index >= 15 is 0 Å². The van der Waals surface area contributed by atoms with Crippen molar-refractivity contribution in [2.24, 2.45) is 0 Å². The molecule has 2 aromatic carbocycles. The topological polar surface area (TPSA) is 89.5 Å². The van der Waals surface area contributed by atoms with Crippen LogP contribution in [0.4, 0.5) is 0 Å². The number of hydrogen-bond donors (Lipinski definition) is 0. The number of ether oxygens (including phenoxy) is 6. The quantitative estimate of drug-likeness (QED) is 0.350. The average Bonchev–Trinajstić information content (AvgIpc) is 2.84. The monoisotopic (exact) mass is 456 g/mol. The Bertz CT molecular complexity index is 969. The molecule has 0 amide bonds. The van der Waals surface area contributed by atoms with Crippen molar-refractivity contribution in [1.29, 1.82) is 0 Å². The van der Waals surface area contributed by atoms with Crippen LogP contribution in [0.2, 0.25) is 0 Å². The second-order valence-corrected chi connectivity index (χ2v) is 6.62. The predicted molar refractivity (Wildman–Crippen MR) is 125 cm³/mol. The van der Waals surface area contributed by atoms with Gasteiger partial charge < -0.3 is 28.4 Å². The fraction of sp³-hybridized carbons (Fsp3) is 0.280. The van der Waals surface area contributed by atoms with Crippen molar-refractivity contribution in [2.75, 3.05) is 42.7 Å². The highest BCUT2D eigenvalue weighted by atomic mass is 16.5. The number of hydrogen-bond acceptors (Lipinski definition) is 8. The van der Waals surface area contributed by atoms with Gasteiger partial charge in [-0.05, 0) is 48.6 Å². The Labute approximate surface area is 193 Å². The van der Waals surface area contributed by atoms with Gasteiger partial charge in [0.05, 0.1) is 49.1 Å². The smallest absolute Gasteiger partial charge is 0.203 e. The molecule has 0 atom stereocenters. The number of ketones is 2. The van der Waals surface area contributed by atoms with Crippen LogP contribution in [0.1, 0.15) is 17.5 Å². The van der Waals surface area contributed by atoms with Gasteiger partial charge in [0.1, 0.15) is 0 Å². The Kier molecular flexibility index (Phi) is 9.35. The maximum absolute atomic E-state index is 12.3. The van der Waals surface area contributed by atoms with Gasteiger partial charge in [0.15, 0.2) is 34.6 Å². The minimum Gasteiger partial charge on any atom is -0.493 e. The van der Waals surface area contributed by atoms with E-state index in [1.54, 1.807) is 36.4 Å². The molecule has 2 aromatic rings. The van der Waals surface area contributed by atoms with Crippen LogP contribution in [0, 0.1) is 0 Å². The molecular formula is C25H28O8. The van der Waals surface area contributed by atoms with Crippen LogP contribution in [0.25, 0.3) is 12.2 Å². The van der Waals surface area contributed by atoms with E-state index in [1.165, 1.54) is 54.8 Å². The molecule has 0 unspecified atom stereocenters. The second-order valence-electron chi connectivity index (χ2n) is 6.62. The molecule has 33 heavy (non-hydrogen) atoms. The van der Waals surface area contributed by atoms with Gasteiger partial charge in [-0.2, -0.15) is 0 Å². The number of carbonyl (C=O) groups excluding carboxylic acids is 2. The number of carbonyl (C=O) groups is 2. The molecule has 8 nitrogen and oxygen atoms in total. The van der Waals surface area contributed by atoms with Gasteiger partial charge in [-0.1, -0.05) is 0 Å². The summed E-state index contributed by atoms with van der Waals surface area (Å²) in [4.78, 5) is 24.6. The molecule has 0 fully saturated rings. The van der Waals surface area contributed by atoms with Gasteiger partial charge >= 0.3 is 0 Å². The highest BCUT2D eigenvalue weighted by molar-refractivity contribution is 6.11. The van der Waals surface area contributed by atoms with Crippen LogP contribution in [0.15, 0.2) is 36.4 Å². The number of rotatable bonds is 12. The van der Waals surface area contributed by atoms with Crippen molar-refractivity contribution >= 4 is 23.7 Å². The Morgan fingerprint density at radius 2 is 0.939 bits per heavy atom. The first-order valence-corrected chi connectivity index (χ1v) is 9.93. The molecule has 0 saturated carbocycles. The van der Waals surface area contributed by atoms with Crippen LogP contribution >= 0.6 is 0 Å². The first kappa shape index (κ1) is 25.3. The zero-order chi connectivity index (χ0) is 24.4. The zero-order valence-corrected chi connectivity index (χ0v) is 19.6. The lowest BCUT2D eigenvalue weighted by Gasteiger charge is -2.14.